The van der Waals surface area contributed by atoms with Gasteiger partial charge in [-0.05, 0) is 24.1 Å². The van der Waals surface area contributed by atoms with E-state index in [1.807, 2.05) is 18.2 Å². The highest BCUT2D eigenvalue weighted by Gasteiger charge is 2.49. The molecule has 27 heavy (non-hydrogen) atoms. The maximum Gasteiger partial charge on any atom is 0.231 e. The number of hydrogen-bond acceptors (Lipinski definition) is 5. The van der Waals surface area contributed by atoms with E-state index in [4.69, 9.17) is 23.7 Å². The molecule has 0 aliphatic carbocycles. The highest BCUT2D eigenvalue weighted by molar-refractivity contribution is 5.53. The number of halogens is 1. The van der Waals surface area contributed by atoms with Crippen molar-refractivity contribution in [3.63, 3.8) is 0 Å². The molecule has 3 aliphatic rings. The second kappa shape index (κ2) is 6.78. The molecule has 2 aromatic rings. The van der Waals surface area contributed by atoms with Crippen LogP contribution in [-0.2, 0) is 27.4 Å². The molecule has 0 radical (unpaired) electrons. The molecule has 2 aromatic carbocycles. The van der Waals surface area contributed by atoms with E-state index in [2.05, 4.69) is 6.92 Å². The SMILES string of the molecule is CC[C@H]1O[C@@H]2c3ccc4c(c3CO[C@@H]2[C@H]1OCc1ccccc1F)OCO4. The molecule has 0 N–H and O–H groups in total. The van der Waals surface area contributed by atoms with E-state index in [1.54, 1.807) is 12.1 Å². The molecule has 142 valence electrons. The van der Waals surface area contributed by atoms with Gasteiger partial charge in [-0.3, -0.25) is 0 Å². The fourth-order valence-electron chi connectivity index (χ4n) is 4.13. The lowest BCUT2D eigenvalue weighted by Crippen LogP contribution is -2.37. The van der Waals surface area contributed by atoms with E-state index in [-0.39, 0.29) is 43.6 Å². The molecule has 3 aliphatic heterocycles. The van der Waals surface area contributed by atoms with E-state index in [9.17, 15) is 4.39 Å². The minimum atomic E-state index is -0.261. The van der Waals surface area contributed by atoms with Crippen LogP contribution in [0.3, 0.4) is 0 Å². The Hall–Kier alpha value is -2.15. The molecule has 1 saturated heterocycles. The molecule has 5 nitrogen and oxygen atoms in total. The second-order valence-corrected chi connectivity index (χ2v) is 7.01. The zero-order chi connectivity index (χ0) is 18.4. The van der Waals surface area contributed by atoms with Crippen molar-refractivity contribution in [2.75, 3.05) is 6.79 Å². The zero-order valence-electron chi connectivity index (χ0n) is 15.0. The molecule has 5 rings (SSSR count). The van der Waals surface area contributed by atoms with Gasteiger partial charge in [-0.15, -0.1) is 0 Å². The highest BCUT2D eigenvalue weighted by atomic mass is 19.1. The molecule has 0 saturated carbocycles. The van der Waals surface area contributed by atoms with Crippen LogP contribution >= 0.6 is 0 Å². The third-order valence-corrected chi connectivity index (χ3v) is 5.51. The number of hydrogen-bond donors (Lipinski definition) is 0. The van der Waals surface area contributed by atoms with Crippen molar-refractivity contribution in [1.29, 1.82) is 0 Å². The molecular formula is C21H21FO5. The van der Waals surface area contributed by atoms with Gasteiger partial charge in [0.05, 0.1) is 19.3 Å². The van der Waals surface area contributed by atoms with Crippen molar-refractivity contribution in [2.45, 2.75) is 51.0 Å². The van der Waals surface area contributed by atoms with Crippen LogP contribution in [0.4, 0.5) is 4.39 Å². The lowest BCUT2D eigenvalue weighted by molar-refractivity contribution is -0.0869. The highest BCUT2D eigenvalue weighted by Crippen LogP contribution is 2.48. The maximum absolute atomic E-state index is 13.9. The van der Waals surface area contributed by atoms with Gasteiger partial charge < -0.3 is 23.7 Å². The van der Waals surface area contributed by atoms with Crippen LogP contribution in [0.15, 0.2) is 36.4 Å². The lowest BCUT2D eigenvalue weighted by Gasteiger charge is -2.30. The molecule has 1 fully saturated rings. The van der Waals surface area contributed by atoms with Gasteiger partial charge >= 0.3 is 0 Å². The first kappa shape index (κ1) is 17.0. The van der Waals surface area contributed by atoms with Crippen LogP contribution in [0.25, 0.3) is 0 Å². The average molecular weight is 372 g/mol. The molecule has 0 bridgehead atoms. The summed E-state index contributed by atoms with van der Waals surface area (Å²) < 4.78 is 43.5. The van der Waals surface area contributed by atoms with Crippen molar-refractivity contribution in [2.24, 2.45) is 0 Å². The van der Waals surface area contributed by atoms with E-state index in [1.165, 1.54) is 6.07 Å². The van der Waals surface area contributed by atoms with Gasteiger partial charge in [0.2, 0.25) is 6.79 Å². The predicted molar refractivity (Wildman–Crippen MR) is 94.0 cm³/mol. The van der Waals surface area contributed by atoms with Gasteiger partial charge in [0.15, 0.2) is 11.5 Å². The van der Waals surface area contributed by atoms with Gasteiger partial charge in [0.25, 0.3) is 0 Å². The summed E-state index contributed by atoms with van der Waals surface area (Å²) in [6.07, 6.45) is -0.0206. The second-order valence-electron chi connectivity index (χ2n) is 7.01. The first-order chi connectivity index (χ1) is 13.3. The largest absolute Gasteiger partial charge is 0.454 e. The topological polar surface area (TPSA) is 46.2 Å². The fourth-order valence-corrected chi connectivity index (χ4v) is 4.13. The standard InChI is InChI=1S/C21H21FO5/c1-2-16-20(23-9-12-5-3-4-6-15(12)22)21-19(27-16)13-7-8-17-18(26-11-25-17)14(13)10-24-21/h3-8,16,19-21H,2,9-11H2,1H3/t16-,19-,20+,21+/m1/s1. The Labute approximate surface area is 156 Å². The summed E-state index contributed by atoms with van der Waals surface area (Å²) >= 11 is 0. The monoisotopic (exact) mass is 372 g/mol. The van der Waals surface area contributed by atoms with Crippen LogP contribution < -0.4 is 9.47 Å². The van der Waals surface area contributed by atoms with Crippen LogP contribution in [0.1, 0.15) is 36.1 Å². The van der Waals surface area contributed by atoms with Gasteiger partial charge in [0, 0.05) is 11.1 Å². The Morgan fingerprint density at radius 2 is 2.04 bits per heavy atom. The number of rotatable bonds is 4. The Kier molecular flexibility index (Phi) is 4.27. The summed E-state index contributed by atoms with van der Waals surface area (Å²) in [5, 5.41) is 0. The van der Waals surface area contributed by atoms with Gasteiger partial charge in [-0.25, -0.2) is 4.39 Å². The number of fused-ring (bicyclic) bond motifs is 5. The van der Waals surface area contributed by atoms with Crippen molar-refractivity contribution < 1.29 is 28.1 Å². The van der Waals surface area contributed by atoms with E-state index in [0.29, 0.717) is 12.2 Å². The Balaban J connectivity index is 1.40. The molecule has 0 amide bonds. The molecule has 6 heteroatoms. The molecular weight excluding hydrogens is 351 g/mol. The van der Waals surface area contributed by atoms with E-state index >= 15 is 0 Å². The summed E-state index contributed by atoms with van der Waals surface area (Å²) in [5.74, 6) is 1.23. The normalized spacial score (nSPS) is 28.1. The molecule has 4 atom stereocenters. The average Bonchev–Trinajstić information content (AvgIpc) is 3.31. The third-order valence-electron chi connectivity index (χ3n) is 5.51. The zero-order valence-corrected chi connectivity index (χ0v) is 15.0. The van der Waals surface area contributed by atoms with Crippen LogP contribution in [0, 0.1) is 5.82 Å². The summed E-state index contributed by atoms with van der Waals surface area (Å²) in [6, 6.07) is 10.6. The first-order valence-electron chi connectivity index (χ1n) is 9.29. The Bertz CT molecular complexity index is 854. The van der Waals surface area contributed by atoms with Gasteiger partial charge in [-0.1, -0.05) is 31.2 Å². The molecule has 0 spiro atoms. The summed E-state index contributed by atoms with van der Waals surface area (Å²) in [5.41, 5.74) is 2.58. The first-order valence-corrected chi connectivity index (χ1v) is 9.29. The quantitative estimate of drug-likeness (QED) is 0.815. The van der Waals surface area contributed by atoms with Crippen LogP contribution in [0.2, 0.25) is 0 Å². The summed E-state index contributed by atoms with van der Waals surface area (Å²) in [6.45, 7) is 2.90. The lowest BCUT2D eigenvalue weighted by atomic mass is 9.93. The molecule has 0 aromatic heterocycles. The van der Waals surface area contributed by atoms with Gasteiger partial charge in [-0.2, -0.15) is 0 Å². The number of ether oxygens (including phenoxy) is 5. The van der Waals surface area contributed by atoms with Crippen molar-refractivity contribution in [3.05, 3.63) is 58.9 Å². The van der Waals surface area contributed by atoms with E-state index < -0.39 is 0 Å². The van der Waals surface area contributed by atoms with E-state index in [0.717, 1.165) is 29.0 Å². The Morgan fingerprint density at radius 1 is 1.15 bits per heavy atom. The third kappa shape index (κ3) is 2.79. The molecule has 3 heterocycles. The Morgan fingerprint density at radius 3 is 2.89 bits per heavy atom. The smallest absolute Gasteiger partial charge is 0.231 e. The van der Waals surface area contributed by atoms with Crippen molar-refractivity contribution in [1.82, 2.24) is 0 Å². The summed E-state index contributed by atoms with van der Waals surface area (Å²) in [4.78, 5) is 0. The maximum atomic E-state index is 13.9. The van der Waals surface area contributed by atoms with Crippen molar-refractivity contribution in [3.8, 4) is 11.5 Å². The molecule has 0 unspecified atom stereocenters. The van der Waals surface area contributed by atoms with Crippen LogP contribution in [-0.4, -0.2) is 25.1 Å². The van der Waals surface area contributed by atoms with Gasteiger partial charge in [0.1, 0.15) is 24.1 Å². The summed E-state index contributed by atoms with van der Waals surface area (Å²) in [7, 11) is 0. The fraction of sp³-hybridized carbons (Fsp3) is 0.429. The minimum Gasteiger partial charge on any atom is -0.454 e. The number of benzene rings is 2. The predicted octanol–water partition coefficient (Wildman–Crippen LogP) is 3.89. The minimum absolute atomic E-state index is 0.108. The van der Waals surface area contributed by atoms with Crippen LogP contribution in [0.5, 0.6) is 11.5 Å². The van der Waals surface area contributed by atoms with Crippen molar-refractivity contribution >= 4 is 0 Å².